The monoisotopic (exact) mass is 488 g/mol. The highest BCUT2D eigenvalue weighted by Crippen LogP contribution is 2.38. The summed E-state index contributed by atoms with van der Waals surface area (Å²) in [4.78, 5) is 0. The van der Waals surface area contributed by atoms with Gasteiger partial charge in [0.2, 0.25) is 5.89 Å². The van der Waals surface area contributed by atoms with Gasteiger partial charge in [-0.05, 0) is 47.9 Å². The fraction of sp³-hybridized carbons (Fsp3) is 0.259. The van der Waals surface area contributed by atoms with E-state index in [4.69, 9.17) is 23.7 Å². The van der Waals surface area contributed by atoms with Crippen molar-refractivity contribution in [2.45, 2.75) is 13.5 Å². The third-order valence-electron chi connectivity index (χ3n) is 5.99. The number of nitrogens with one attached hydrogen (secondary N) is 2. The van der Waals surface area contributed by atoms with E-state index in [-0.39, 0.29) is 12.6 Å². The van der Waals surface area contributed by atoms with Gasteiger partial charge < -0.3 is 34.4 Å². The minimum atomic E-state index is 0.0697. The van der Waals surface area contributed by atoms with Crippen molar-refractivity contribution < 1.29 is 23.7 Å². The topological polar surface area (TPSA) is 111 Å². The van der Waals surface area contributed by atoms with E-state index in [0.29, 0.717) is 43.6 Å². The summed E-state index contributed by atoms with van der Waals surface area (Å²) < 4.78 is 23.0. The van der Waals surface area contributed by atoms with E-state index in [9.17, 15) is 0 Å². The maximum atomic E-state index is 9.02. The van der Waals surface area contributed by atoms with Gasteiger partial charge >= 0.3 is 6.01 Å². The van der Waals surface area contributed by atoms with E-state index in [1.165, 1.54) is 0 Å². The summed E-state index contributed by atoms with van der Waals surface area (Å²) in [7, 11) is 1.61. The lowest BCUT2D eigenvalue weighted by Gasteiger charge is -2.19. The number of ether oxygens (including phenoxy) is 3. The SMILES string of the molecule is COc1c(CNCCO)cccc1Nc1nnc(-c2cccc(-c3ccc4c(c3)OCCO4)c2C)o1. The Kier molecular flexibility index (Phi) is 7.01. The Morgan fingerprint density at radius 3 is 2.61 bits per heavy atom. The van der Waals surface area contributed by atoms with Crippen molar-refractivity contribution in [1.82, 2.24) is 15.5 Å². The highest BCUT2D eigenvalue weighted by molar-refractivity contribution is 5.77. The number of rotatable bonds is 9. The van der Waals surface area contributed by atoms with E-state index >= 15 is 0 Å². The highest BCUT2D eigenvalue weighted by atomic mass is 16.6. The maximum Gasteiger partial charge on any atom is 0.320 e. The zero-order valence-corrected chi connectivity index (χ0v) is 20.2. The molecule has 36 heavy (non-hydrogen) atoms. The van der Waals surface area contributed by atoms with Crippen LogP contribution in [0.1, 0.15) is 11.1 Å². The van der Waals surface area contributed by atoms with E-state index in [0.717, 1.165) is 39.3 Å². The van der Waals surface area contributed by atoms with Gasteiger partial charge in [0.05, 0.1) is 19.4 Å². The first-order valence-electron chi connectivity index (χ1n) is 11.8. The van der Waals surface area contributed by atoms with Crippen molar-refractivity contribution in [2.24, 2.45) is 0 Å². The number of methoxy groups -OCH3 is 1. The van der Waals surface area contributed by atoms with E-state index < -0.39 is 0 Å². The smallest absolute Gasteiger partial charge is 0.320 e. The maximum absolute atomic E-state index is 9.02. The molecule has 9 nitrogen and oxygen atoms in total. The van der Waals surface area contributed by atoms with Gasteiger partial charge in [-0.2, -0.15) is 0 Å². The van der Waals surface area contributed by atoms with Crippen LogP contribution >= 0.6 is 0 Å². The summed E-state index contributed by atoms with van der Waals surface area (Å²) in [5.41, 5.74) is 5.57. The number of hydrogen-bond acceptors (Lipinski definition) is 9. The predicted octanol–water partition coefficient (Wildman–Crippen LogP) is 4.32. The fourth-order valence-electron chi connectivity index (χ4n) is 4.25. The van der Waals surface area contributed by atoms with Crippen LogP contribution in [-0.4, -0.2) is 48.8 Å². The summed E-state index contributed by atoms with van der Waals surface area (Å²) in [6.07, 6.45) is 0. The van der Waals surface area contributed by atoms with Gasteiger partial charge in [0.15, 0.2) is 11.5 Å². The lowest BCUT2D eigenvalue weighted by atomic mass is 9.96. The largest absolute Gasteiger partial charge is 0.494 e. The molecule has 1 aliphatic heterocycles. The van der Waals surface area contributed by atoms with Crippen molar-refractivity contribution in [3.8, 4) is 39.8 Å². The van der Waals surface area contributed by atoms with Crippen LogP contribution in [0.15, 0.2) is 59.0 Å². The van der Waals surface area contributed by atoms with Gasteiger partial charge in [0.25, 0.3) is 0 Å². The molecule has 2 heterocycles. The van der Waals surface area contributed by atoms with Crippen LogP contribution in [0.5, 0.6) is 17.2 Å². The number of nitrogens with zero attached hydrogens (tertiary/aromatic N) is 2. The van der Waals surface area contributed by atoms with Crippen LogP contribution in [0.4, 0.5) is 11.7 Å². The molecule has 1 aliphatic rings. The molecule has 0 atom stereocenters. The van der Waals surface area contributed by atoms with Crippen LogP contribution in [-0.2, 0) is 6.54 Å². The van der Waals surface area contributed by atoms with Gasteiger partial charge in [0, 0.05) is 24.2 Å². The summed E-state index contributed by atoms with van der Waals surface area (Å²) in [5, 5.41) is 23.8. The fourth-order valence-corrected chi connectivity index (χ4v) is 4.25. The molecular formula is C27H28N4O5. The lowest BCUT2D eigenvalue weighted by molar-refractivity contribution is 0.171. The Morgan fingerprint density at radius 1 is 0.972 bits per heavy atom. The second kappa shape index (κ2) is 10.7. The Hall–Kier alpha value is -4.08. The number of aromatic nitrogens is 2. The highest BCUT2D eigenvalue weighted by Gasteiger charge is 2.18. The van der Waals surface area contributed by atoms with Crippen molar-refractivity contribution in [3.05, 3.63) is 65.7 Å². The molecule has 186 valence electrons. The Labute approximate surface area is 209 Å². The third kappa shape index (κ3) is 4.84. The minimum absolute atomic E-state index is 0.0697. The molecule has 0 unspecified atom stereocenters. The Bertz CT molecular complexity index is 1350. The zero-order valence-electron chi connectivity index (χ0n) is 20.2. The van der Waals surface area contributed by atoms with Crippen molar-refractivity contribution in [1.29, 1.82) is 0 Å². The van der Waals surface area contributed by atoms with Crippen LogP contribution in [0.2, 0.25) is 0 Å². The summed E-state index contributed by atoms with van der Waals surface area (Å²) >= 11 is 0. The standard InChI is InChI=1S/C27H28N4O5/c1-17-20(18-9-10-23-24(15-18)35-14-13-34-23)6-4-7-21(17)26-30-31-27(36-26)29-22-8-3-5-19(25(22)33-2)16-28-11-12-32/h3-10,15,28,32H,11-14,16H2,1-2H3,(H,29,31). The van der Waals surface area contributed by atoms with Gasteiger partial charge in [0.1, 0.15) is 19.0 Å². The number of aliphatic hydroxyl groups excluding tert-OH is 1. The average molecular weight is 489 g/mol. The van der Waals surface area contributed by atoms with Crippen LogP contribution in [0.25, 0.3) is 22.6 Å². The minimum Gasteiger partial charge on any atom is -0.494 e. The van der Waals surface area contributed by atoms with Gasteiger partial charge in [-0.25, -0.2) is 0 Å². The first-order valence-corrected chi connectivity index (χ1v) is 11.8. The number of hydrogen-bond donors (Lipinski definition) is 3. The first kappa shape index (κ1) is 23.7. The van der Waals surface area contributed by atoms with Crippen molar-refractivity contribution in [2.75, 3.05) is 38.8 Å². The van der Waals surface area contributed by atoms with Crippen LogP contribution in [0, 0.1) is 6.92 Å². The lowest BCUT2D eigenvalue weighted by Crippen LogP contribution is -2.18. The molecule has 1 aromatic heterocycles. The number of para-hydroxylation sites is 1. The van der Waals surface area contributed by atoms with E-state index in [1.54, 1.807) is 7.11 Å². The summed E-state index contributed by atoms with van der Waals surface area (Å²) in [6, 6.07) is 18.0. The second-order valence-corrected chi connectivity index (χ2v) is 8.27. The molecule has 0 spiro atoms. The van der Waals surface area contributed by atoms with E-state index in [2.05, 4.69) is 26.9 Å². The number of aliphatic hydroxyl groups is 1. The molecule has 5 rings (SSSR count). The van der Waals surface area contributed by atoms with Gasteiger partial charge in [-0.15, -0.1) is 5.10 Å². The van der Waals surface area contributed by atoms with Gasteiger partial charge in [-0.1, -0.05) is 35.4 Å². The second-order valence-electron chi connectivity index (χ2n) is 8.27. The molecular weight excluding hydrogens is 460 g/mol. The molecule has 0 radical (unpaired) electrons. The summed E-state index contributed by atoms with van der Waals surface area (Å²) in [6.45, 7) is 4.26. The predicted molar refractivity (Wildman–Crippen MR) is 136 cm³/mol. The molecule has 0 fully saturated rings. The third-order valence-corrected chi connectivity index (χ3v) is 5.99. The zero-order chi connectivity index (χ0) is 24.9. The van der Waals surface area contributed by atoms with E-state index in [1.807, 2.05) is 55.5 Å². The molecule has 0 amide bonds. The quantitative estimate of drug-likeness (QED) is 0.297. The molecule has 0 saturated heterocycles. The number of fused-ring (bicyclic) bond motifs is 1. The van der Waals surface area contributed by atoms with Crippen molar-refractivity contribution in [3.63, 3.8) is 0 Å². The first-order chi connectivity index (χ1) is 17.7. The molecule has 0 aliphatic carbocycles. The van der Waals surface area contributed by atoms with Crippen LogP contribution in [0.3, 0.4) is 0 Å². The molecule has 3 N–H and O–H groups in total. The summed E-state index contributed by atoms with van der Waals surface area (Å²) in [5.74, 6) is 2.58. The molecule has 9 heteroatoms. The normalized spacial score (nSPS) is 12.4. The molecule has 0 saturated carbocycles. The average Bonchev–Trinajstić information content (AvgIpc) is 3.37. The Balaban J connectivity index is 1.40. The number of anilines is 2. The van der Waals surface area contributed by atoms with Crippen LogP contribution < -0.4 is 24.8 Å². The molecule has 0 bridgehead atoms. The van der Waals surface area contributed by atoms with Gasteiger partial charge in [-0.3, -0.25) is 0 Å². The Morgan fingerprint density at radius 2 is 1.78 bits per heavy atom. The number of benzene rings is 3. The molecule has 3 aromatic carbocycles. The molecule has 4 aromatic rings. The van der Waals surface area contributed by atoms with Crippen molar-refractivity contribution >= 4 is 11.7 Å².